The molecule has 2 aromatic rings. The number of hydrogen-bond acceptors (Lipinski definition) is 8. The van der Waals surface area contributed by atoms with Crippen molar-refractivity contribution in [2.75, 3.05) is 6.61 Å². The number of ketones is 2. The zero-order valence-electron chi connectivity index (χ0n) is 22.3. The Balaban J connectivity index is 0.000000379. The van der Waals surface area contributed by atoms with Gasteiger partial charge in [0.25, 0.3) is 5.24 Å². The van der Waals surface area contributed by atoms with E-state index >= 15 is 0 Å². The Hall–Kier alpha value is -3.85. The lowest BCUT2D eigenvalue weighted by Crippen LogP contribution is -2.42. The third-order valence-corrected chi connectivity index (χ3v) is 8.05. The standard InChI is InChI=1S/C24H27NO5S.C6H4O2/c1-13-14(2)21-18(15(3)20(13)26)9-10-24(4,30-21)12-29-17-7-5-16(6-8-17)11-19-22(27)25-23(28)31-19;7-5-1-2-6(8)4-3-5/h5-8,19,26H,9-12H2,1-4H3,(H,25,27,28);1-4H. The molecule has 2 amide bonds. The quantitative estimate of drug-likeness (QED) is 0.519. The number of hydrogen-bond donors (Lipinski definition) is 2. The van der Waals surface area contributed by atoms with Gasteiger partial charge in [-0.25, -0.2) is 0 Å². The minimum atomic E-state index is -0.467. The van der Waals surface area contributed by atoms with Crippen LogP contribution >= 0.6 is 11.8 Å². The number of carbonyl (C=O) groups is 4. The van der Waals surface area contributed by atoms with E-state index in [1.54, 1.807) is 0 Å². The lowest BCUT2D eigenvalue weighted by molar-refractivity contribution is -0.119. The normalized spacial score (nSPS) is 21.6. The molecule has 0 aromatic heterocycles. The molecule has 5 rings (SSSR count). The summed E-state index contributed by atoms with van der Waals surface area (Å²) in [6.45, 7) is 8.28. The summed E-state index contributed by atoms with van der Waals surface area (Å²) in [5.41, 5.74) is 4.31. The summed E-state index contributed by atoms with van der Waals surface area (Å²) in [6.07, 6.45) is 7.14. The number of aromatic hydroxyl groups is 1. The van der Waals surface area contributed by atoms with Crippen LogP contribution in [0.3, 0.4) is 0 Å². The molecule has 8 nitrogen and oxygen atoms in total. The minimum Gasteiger partial charge on any atom is -0.507 e. The maximum atomic E-state index is 11.7. The first-order valence-electron chi connectivity index (χ1n) is 12.6. The first-order valence-corrected chi connectivity index (χ1v) is 13.5. The summed E-state index contributed by atoms with van der Waals surface area (Å²) in [6, 6.07) is 7.61. The highest BCUT2D eigenvalue weighted by Crippen LogP contribution is 2.43. The number of rotatable bonds is 5. The van der Waals surface area contributed by atoms with Crippen LogP contribution in [0.15, 0.2) is 48.6 Å². The van der Waals surface area contributed by atoms with Gasteiger partial charge in [-0.3, -0.25) is 24.5 Å². The number of imide groups is 1. The fraction of sp³-hybridized carbons (Fsp3) is 0.333. The van der Waals surface area contributed by atoms with Gasteiger partial charge in [0.15, 0.2) is 11.6 Å². The Kier molecular flexibility index (Phi) is 8.30. The zero-order valence-corrected chi connectivity index (χ0v) is 23.1. The van der Waals surface area contributed by atoms with E-state index < -0.39 is 5.60 Å². The summed E-state index contributed by atoms with van der Waals surface area (Å²) in [7, 11) is 0. The van der Waals surface area contributed by atoms with Gasteiger partial charge in [0, 0.05) is 5.56 Å². The highest BCUT2D eigenvalue weighted by molar-refractivity contribution is 8.15. The molecule has 0 radical (unpaired) electrons. The smallest absolute Gasteiger partial charge is 0.286 e. The van der Waals surface area contributed by atoms with Gasteiger partial charge in [0.1, 0.15) is 29.5 Å². The SMILES string of the molecule is Cc1c(C)c2c(c(C)c1O)CCC(C)(COc1ccc(CC3SC(=O)NC3=O)cc1)O2.O=C1C=CC(=O)C=C1. The molecule has 204 valence electrons. The fourth-order valence-electron chi connectivity index (χ4n) is 4.54. The molecule has 1 aliphatic carbocycles. The summed E-state index contributed by atoms with van der Waals surface area (Å²) in [5.74, 6) is 1.48. The van der Waals surface area contributed by atoms with Crippen LogP contribution in [0.5, 0.6) is 17.2 Å². The number of fused-ring (bicyclic) bond motifs is 1. The molecule has 9 heteroatoms. The highest BCUT2D eigenvalue weighted by Gasteiger charge is 2.35. The van der Waals surface area contributed by atoms with Crippen LogP contribution in [0.25, 0.3) is 0 Å². The van der Waals surface area contributed by atoms with Gasteiger partial charge in [-0.05, 0) is 106 Å². The average molecular weight is 550 g/mol. The van der Waals surface area contributed by atoms with Crippen LogP contribution in [0.1, 0.15) is 41.2 Å². The highest BCUT2D eigenvalue weighted by atomic mass is 32.2. The molecule has 2 aromatic carbocycles. The lowest BCUT2D eigenvalue weighted by atomic mass is 9.87. The number of thioether (sulfide) groups is 1. The maximum absolute atomic E-state index is 11.7. The minimum absolute atomic E-state index is 0.121. The Morgan fingerprint density at radius 2 is 1.59 bits per heavy atom. The molecule has 0 saturated carbocycles. The van der Waals surface area contributed by atoms with Gasteiger partial charge in [-0.15, -0.1) is 0 Å². The van der Waals surface area contributed by atoms with Crippen LogP contribution in [0.4, 0.5) is 4.79 Å². The molecule has 0 bridgehead atoms. The molecule has 2 atom stereocenters. The predicted octanol–water partition coefficient (Wildman–Crippen LogP) is 4.62. The average Bonchev–Trinajstić information content (AvgIpc) is 3.24. The van der Waals surface area contributed by atoms with Crippen LogP contribution in [-0.2, 0) is 27.2 Å². The van der Waals surface area contributed by atoms with Crippen molar-refractivity contribution in [2.45, 2.75) is 57.8 Å². The zero-order chi connectivity index (χ0) is 28.3. The van der Waals surface area contributed by atoms with Crippen molar-refractivity contribution in [1.29, 1.82) is 0 Å². The van der Waals surface area contributed by atoms with Crippen molar-refractivity contribution in [3.8, 4) is 17.2 Å². The number of amides is 2. The Morgan fingerprint density at radius 1 is 0.974 bits per heavy atom. The number of allylic oxidation sites excluding steroid dienone is 4. The molecular weight excluding hydrogens is 518 g/mol. The largest absolute Gasteiger partial charge is 0.507 e. The molecule has 2 unspecified atom stereocenters. The number of phenolic OH excluding ortho intramolecular Hbond substituents is 1. The van der Waals surface area contributed by atoms with E-state index in [9.17, 15) is 24.3 Å². The van der Waals surface area contributed by atoms with Gasteiger partial charge < -0.3 is 14.6 Å². The Labute approximate surface area is 231 Å². The van der Waals surface area contributed by atoms with E-state index in [0.717, 1.165) is 63.9 Å². The number of carbonyl (C=O) groups excluding carboxylic acids is 4. The lowest BCUT2D eigenvalue weighted by Gasteiger charge is -2.37. The Morgan fingerprint density at radius 3 is 2.15 bits per heavy atom. The third kappa shape index (κ3) is 6.60. The second-order valence-corrected chi connectivity index (χ2v) is 11.3. The fourth-order valence-corrected chi connectivity index (χ4v) is 5.40. The van der Waals surface area contributed by atoms with Crippen molar-refractivity contribution < 1.29 is 33.8 Å². The third-order valence-electron chi connectivity index (χ3n) is 7.07. The van der Waals surface area contributed by atoms with E-state index in [4.69, 9.17) is 9.47 Å². The van der Waals surface area contributed by atoms with Crippen LogP contribution in [0, 0.1) is 20.8 Å². The van der Waals surface area contributed by atoms with Crippen molar-refractivity contribution >= 4 is 34.5 Å². The molecule has 1 saturated heterocycles. The van der Waals surface area contributed by atoms with E-state index in [0.29, 0.717) is 18.8 Å². The summed E-state index contributed by atoms with van der Waals surface area (Å²) in [4.78, 5) is 43.6. The summed E-state index contributed by atoms with van der Waals surface area (Å²) in [5, 5.41) is 12.0. The monoisotopic (exact) mass is 549 g/mol. The van der Waals surface area contributed by atoms with Crippen molar-refractivity contribution in [3.05, 3.63) is 76.4 Å². The first-order chi connectivity index (χ1) is 18.5. The van der Waals surface area contributed by atoms with Gasteiger partial charge in [-0.1, -0.05) is 23.9 Å². The van der Waals surface area contributed by atoms with E-state index in [2.05, 4.69) is 5.32 Å². The molecule has 2 heterocycles. The molecule has 39 heavy (non-hydrogen) atoms. The van der Waals surface area contributed by atoms with Crippen LogP contribution < -0.4 is 14.8 Å². The van der Waals surface area contributed by atoms with Gasteiger partial charge >= 0.3 is 0 Å². The van der Waals surface area contributed by atoms with E-state index in [1.807, 2.05) is 52.0 Å². The van der Waals surface area contributed by atoms with Gasteiger partial charge in [0.2, 0.25) is 5.91 Å². The van der Waals surface area contributed by atoms with E-state index in [1.165, 1.54) is 24.3 Å². The molecular formula is C30H31NO7S. The molecule has 3 aliphatic rings. The second kappa shape index (κ2) is 11.5. The molecule has 2 aliphatic heterocycles. The first kappa shape index (κ1) is 28.2. The number of nitrogens with one attached hydrogen (secondary N) is 1. The molecule has 0 spiro atoms. The number of phenols is 1. The van der Waals surface area contributed by atoms with Gasteiger partial charge in [0.05, 0.1) is 5.25 Å². The van der Waals surface area contributed by atoms with Gasteiger partial charge in [-0.2, -0.15) is 0 Å². The summed E-state index contributed by atoms with van der Waals surface area (Å²) < 4.78 is 12.4. The number of benzene rings is 2. The van der Waals surface area contributed by atoms with Crippen molar-refractivity contribution in [2.24, 2.45) is 0 Å². The molecule has 1 fully saturated rings. The maximum Gasteiger partial charge on any atom is 0.286 e. The molecule has 2 N–H and O–H groups in total. The topological polar surface area (TPSA) is 119 Å². The number of ether oxygens (including phenoxy) is 2. The van der Waals surface area contributed by atoms with Crippen molar-refractivity contribution in [1.82, 2.24) is 5.32 Å². The van der Waals surface area contributed by atoms with Crippen LogP contribution in [0.2, 0.25) is 0 Å². The summed E-state index contributed by atoms with van der Waals surface area (Å²) >= 11 is 1.04. The van der Waals surface area contributed by atoms with Crippen molar-refractivity contribution in [3.63, 3.8) is 0 Å². The van der Waals surface area contributed by atoms with E-state index in [-0.39, 0.29) is 28.0 Å². The predicted molar refractivity (Wildman–Crippen MR) is 149 cm³/mol. The second-order valence-electron chi connectivity index (χ2n) is 10.1. The van der Waals surface area contributed by atoms with Crippen LogP contribution in [-0.4, -0.2) is 45.3 Å². The Bertz CT molecular complexity index is 1360.